The first-order valence-corrected chi connectivity index (χ1v) is 9.53. The average molecular weight is 398 g/mol. The minimum absolute atomic E-state index is 0.00680. The second-order valence-corrected chi connectivity index (χ2v) is 7.66. The topological polar surface area (TPSA) is 90.9 Å². The van der Waals surface area contributed by atoms with E-state index in [0.717, 1.165) is 0 Å². The Balaban J connectivity index is 1.71. The molecule has 0 saturated carbocycles. The molecule has 0 fully saturated rings. The summed E-state index contributed by atoms with van der Waals surface area (Å²) >= 11 is 5.91. The summed E-state index contributed by atoms with van der Waals surface area (Å²) in [5.41, 5.74) is -0.0248. The lowest BCUT2D eigenvalue weighted by Gasteiger charge is -2.26. The molecule has 1 aliphatic rings. The molecule has 0 spiro atoms. The predicted molar refractivity (Wildman–Crippen MR) is 94.3 cm³/mol. The van der Waals surface area contributed by atoms with Crippen LogP contribution >= 0.6 is 11.6 Å². The Hall–Kier alpha value is -2.29. The van der Waals surface area contributed by atoms with E-state index in [1.165, 1.54) is 25.3 Å². The highest BCUT2D eigenvalue weighted by molar-refractivity contribution is 7.89. The van der Waals surface area contributed by atoms with E-state index in [9.17, 15) is 13.2 Å². The van der Waals surface area contributed by atoms with Crippen molar-refractivity contribution < 1.29 is 27.4 Å². The van der Waals surface area contributed by atoms with Gasteiger partial charge in [-0.25, -0.2) is 17.9 Å². The number of nitrogens with one attached hydrogen (secondary N) is 1. The molecular weight excluding hydrogens is 382 g/mol. The molecule has 2 aromatic carbocycles. The van der Waals surface area contributed by atoms with Crippen LogP contribution in [0.15, 0.2) is 47.4 Å². The van der Waals surface area contributed by atoms with Crippen LogP contribution in [-0.4, -0.2) is 40.8 Å². The van der Waals surface area contributed by atoms with Crippen LogP contribution in [0.2, 0.25) is 5.02 Å². The molecular formula is C17H16ClNO6S. The average Bonchev–Trinajstić information content (AvgIpc) is 2.66. The van der Waals surface area contributed by atoms with Crippen molar-refractivity contribution in [3.05, 3.63) is 53.1 Å². The molecule has 7 nitrogen and oxygen atoms in total. The molecule has 1 N–H and O–H groups in total. The maximum Gasteiger partial charge on any atom is 0.339 e. The summed E-state index contributed by atoms with van der Waals surface area (Å²) in [5, 5.41) is 0.108. The van der Waals surface area contributed by atoms with Crippen molar-refractivity contribution in [1.82, 2.24) is 4.72 Å². The number of fused-ring (bicyclic) bond motifs is 1. The van der Waals surface area contributed by atoms with Gasteiger partial charge in [0.25, 0.3) is 0 Å². The van der Waals surface area contributed by atoms with Crippen molar-refractivity contribution in [2.75, 3.05) is 20.3 Å². The first-order chi connectivity index (χ1) is 12.4. The Bertz CT molecular complexity index is 931. The van der Waals surface area contributed by atoms with Crippen molar-refractivity contribution in [3.63, 3.8) is 0 Å². The monoisotopic (exact) mass is 397 g/mol. The van der Waals surface area contributed by atoms with Crippen LogP contribution in [0.25, 0.3) is 0 Å². The van der Waals surface area contributed by atoms with Gasteiger partial charge in [0.2, 0.25) is 10.0 Å². The third-order valence-corrected chi connectivity index (χ3v) is 5.47. The Morgan fingerprint density at radius 2 is 2.00 bits per heavy atom. The second-order valence-electron chi connectivity index (χ2n) is 5.48. The highest BCUT2D eigenvalue weighted by atomic mass is 35.5. The molecule has 1 unspecified atom stereocenters. The van der Waals surface area contributed by atoms with E-state index in [-0.39, 0.29) is 28.6 Å². The van der Waals surface area contributed by atoms with Gasteiger partial charge in [-0.3, -0.25) is 0 Å². The summed E-state index contributed by atoms with van der Waals surface area (Å²) < 4.78 is 43.3. The van der Waals surface area contributed by atoms with E-state index >= 15 is 0 Å². The van der Waals surface area contributed by atoms with Gasteiger partial charge in [-0.05, 0) is 30.3 Å². The van der Waals surface area contributed by atoms with Gasteiger partial charge in [0.1, 0.15) is 12.7 Å². The lowest BCUT2D eigenvalue weighted by molar-refractivity contribution is 0.0600. The standard InChI is InChI=1S/C17H16ClNO6S/c1-23-17(20)13-8-12(6-7-14(13)18)26(21,22)19-9-11-10-24-15-4-2-3-5-16(15)25-11/h2-8,11,19H,9-10H2,1H3. The highest BCUT2D eigenvalue weighted by Gasteiger charge is 2.24. The van der Waals surface area contributed by atoms with Crippen molar-refractivity contribution in [1.29, 1.82) is 0 Å². The zero-order valence-electron chi connectivity index (χ0n) is 13.8. The van der Waals surface area contributed by atoms with Crippen molar-refractivity contribution in [3.8, 4) is 11.5 Å². The number of carbonyl (C=O) groups excluding carboxylic acids is 1. The first kappa shape index (κ1) is 18.5. The number of sulfonamides is 1. The number of halogens is 1. The lowest BCUT2D eigenvalue weighted by Crippen LogP contribution is -2.40. The van der Waals surface area contributed by atoms with Crippen LogP contribution in [0.4, 0.5) is 0 Å². The van der Waals surface area contributed by atoms with Gasteiger partial charge in [0.05, 0.1) is 29.1 Å². The van der Waals surface area contributed by atoms with Gasteiger partial charge in [0.15, 0.2) is 11.5 Å². The molecule has 0 radical (unpaired) electrons. The number of esters is 1. The molecule has 9 heteroatoms. The number of benzene rings is 2. The van der Waals surface area contributed by atoms with E-state index in [1.807, 2.05) is 6.07 Å². The molecule has 3 rings (SSSR count). The number of hydrogen-bond acceptors (Lipinski definition) is 6. The van der Waals surface area contributed by atoms with E-state index < -0.39 is 22.1 Å². The van der Waals surface area contributed by atoms with E-state index in [2.05, 4.69) is 9.46 Å². The van der Waals surface area contributed by atoms with Crippen LogP contribution < -0.4 is 14.2 Å². The maximum atomic E-state index is 12.5. The Morgan fingerprint density at radius 1 is 1.27 bits per heavy atom. The Labute approximate surface area is 155 Å². The molecule has 2 aromatic rings. The van der Waals surface area contributed by atoms with E-state index in [4.69, 9.17) is 21.1 Å². The van der Waals surface area contributed by atoms with Gasteiger partial charge in [-0.15, -0.1) is 0 Å². The molecule has 138 valence electrons. The minimum Gasteiger partial charge on any atom is -0.486 e. The fourth-order valence-electron chi connectivity index (χ4n) is 2.39. The van der Waals surface area contributed by atoms with Gasteiger partial charge < -0.3 is 14.2 Å². The predicted octanol–water partition coefficient (Wildman–Crippen LogP) is 2.24. The van der Waals surface area contributed by atoms with Gasteiger partial charge in [-0.1, -0.05) is 23.7 Å². The third kappa shape index (κ3) is 3.92. The maximum absolute atomic E-state index is 12.5. The third-order valence-electron chi connectivity index (χ3n) is 3.72. The van der Waals surface area contributed by atoms with Crippen LogP contribution in [0.1, 0.15) is 10.4 Å². The SMILES string of the molecule is COC(=O)c1cc(S(=O)(=O)NCC2COc3ccccc3O2)ccc1Cl. The minimum atomic E-state index is -3.87. The zero-order valence-corrected chi connectivity index (χ0v) is 15.3. The molecule has 1 atom stereocenters. The summed E-state index contributed by atoms with van der Waals surface area (Å²) in [5.74, 6) is 0.460. The molecule has 1 heterocycles. The number of carbonyl (C=O) groups is 1. The number of para-hydroxylation sites is 2. The fourth-order valence-corrected chi connectivity index (χ4v) is 3.67. The van der Waals surface area contributed by atoms with Crippen LogP contribution in [0.5, 0.6) is 11.5 Å². The largest absolute Gasteiger partial charge is 0.486 e. The van der Waals surface area contributed by atoms with E-state index in [1.54, 1.807) is 18.2 Å². The summed E-state index contributed by atoms with van der Waals surface area (Å²) in [4.78, 5) is 11.6. The smallest absolute Gasteiger partial charge is 0.339 e. The van der Waals surface area contributed by atoms with Crippen molar-refractivity contribution in [2.45, 2.75) is 11.0 Å². The van der Waals surface area contributed by atoms with Gasteiger partial charge in [0, 0.05) is 0 Å². The van der Waals surface area contributed by atoms with Crippen LogP contribution in [0, 0.1) is 0 Å². The van der Waals surface area contributed by atoms with Crippen molar-refractivity contribution in [2.24, 2.45) is 0 Å². The van der Waals surface area contributed by atoms with E-state index in [0.29, 0.717) is 11.5 Å². The summed E-state index contributed by atoms with van der Waals surface area (Å²) in [7, 11) is -2.68. The van der Waals surface area contributed by atoms with Gasteiger partial charge in [-0.2, -0.15) is 0 Å². The van der Waals surface area contributed by atoms with Crippen LogP contribution in [-0.2, 0) is 14.8 Å². The Morgan fingerprint density at radius 3 is 2.73 bits per heavy atom. The number of ether oxygens (including phenoxy) is 3. The number of rotatable bonds is 5. The highest BCUT2D eigenvalue weighted by Crippen LogP contribution is 2.30. The fraction of sp³-hybridized carbons (Fsp3) is 0.235. The molecule has 0 aromatic heterocycles. The van der Waals surface area contributed by atoms with Crippen molar-refractivity contribution >= 4 is 27.6 Å². The molecule has 1 aliphatic heterocycles. The Kier molecular flexibility index (Phi) is 5.36. The second kappa shape index (κ2) is 7.53. The summed E-state index contributed by atoms with van der Waals surface area (Å²) in [6.45, 7) is 0.223. The normalized spacial score (nSPS) is 16.2. The zero-order chi connectivity index (χ0) is 18.7. The van der Waals surface area contributed by atoms with Gasteiger partial charge >= 0.3 is 5.97 Å². The number of methoxy groups -OCH3 is 1. The summed E-state index contributed by atoms with van der Waals surface area (Å²) in [6.07, 6.45) is -0.480. The first-order valence-electron chi connectivity index (χ1n) is 7.67. The lowest BCUT2D eigenvalue weighted by atomic mass is 10.2. The summed E-state index contributed by atoms with van der Waals surface area (Å²) in [6, 6.07) is 11.0. The number of hydrogen-bond donors (Lipinski definition) is 1. The quantitative estimate of drug-likeness (QED) is 0.778. The molecule has 0 saturated heterocycles. The van der Waals surface area contributed by atoms with Crippen LogP contribution in [0.3, 0.4) is 0 Å². The molecule has 0 amide bonds. The molecule has 26 heavy (non-hydrogen) atoms. The molecule has 0 bridgehead atoms. The molecule has 0 aliphatic carbocycles.